The Morgan fingerprint density at radius 3 is 2.57 bits per heavy atom. The van der Waals surface area contributed by atoms with Crippen molar-refractivity contribution < 1.29 is 24.2 Å². The average Bonchev–Trinajstić information content (AvgIpc) is 3.33. The third-order valence-corrected chi connectivity index (χ3v) is 7.58. The van der Waals surface area contributed by atoms with E-state index >= 15 is 0 Å². The first-order chi connectivity index (χ1) is 13.4. The van der Waals surface area contributed by atoms with Crippen LogP contribution in [-0.4, -0.2) is 35.1 Å². The fraction of sp³-hybridized carbons (Fsp3) is 0.650. The fourth-order valence-corrected chi connectivity index (χ4v) is 6.55. The van der Waals surface area contributed by atoms with Gasteiger partial charge in [0.1, 0.15) is 5.00 Å². The molecule has 0 spiro atoms. The van der Waals surface area contributed by atoms with Crippen LogP contribution in [0.25, 0.3) is 0 Å². The summed E-state index contributed by atoms with van der Waals surface area (Å²) in [6, 6.07) is 0. The van der Waals surface area contributed by atoms with Gasteiger partial charge in [-0.2, -0.15) is 0 Å². The summed E-state index contributed by atoms with van der Waals surface area (Å²) in [5.41, 5.74) is 7.00. The summed E-state index contributed by atoms with van der Waals surface area (Å²) in [5, 5.41) is 12.9. The molecule has 152 valence electrons. The monoisotopic (exact) mass is 406 g/mol. The SMILES string of the molecule is CCC[C@H]1CCc2c(sc(NC(=O)[C@@H]3[C@@H](C(=O)O)[C@@H]4CC[C@@H]3O4)c2C(N)=O)C1. The summed E-state index contributed by atoms with van der Waals surface area (Å²) in [4.78, 5) is 37.9. The van der Waals surface area contributed by atoms with Gasteiger partial charge in [-0.05, 0) is 43.6 Å². The van der Waals surface area contributed by atoms with Gasteiger partial charge in [-0.3, -0.25) is 14.4 Å². The van der Waals surface area contributed by atoms with Crippen LogP contribution in [0, 0.1) is 17.8 Å². The number of rotatable bonds is 6. The Bertz CT molecular complexity index is 820. The zero-order chi connectivity index (χ0) is 20.0. The van der Waals surface area contributed by atoms with Crippen LogP contribution in [-0.2, 0) is 27.2 Å². The van der Waals surface area contributed by atoms with E-state index in [0.717, 1.165) is 42.5 Å². The Morgan fingerprint density at radius 2 is 1.93 bits per heavy atom. The molecule has 2 bridgehead atoms. The number of carboxylic acid groups (broad SMARTS) is 1. The second kappa shape index (κ2) is 7.48. The molecule has 0 aromatic carbocycles. The van der Waals surface area contributed by atoms with Gasteiger partial charge in [0.25, 0.3) is 5.91 Å². The van der Waals surface area contributed by atoms with E-state index in [1.54, 1.807) is 0 Å². The molecule has 2 aliphatic heterocycles. The zero-order valence-electron chi connectivity index (χ0n) is 15.9. The van der Waals surface area contributed by atoms with Gasteiger partial charge in [0.05, 0.1) is 29.6 Å². The summed E-state index contributed by atoms with van der Waals surface area (Å²) in [5.74, 6) is -2.90. The molecule has 2 fully saturated rings. The first-order valence-electron chi connectivity index (χ1n) is 10.0. The van der Waals surface area contributed by atoms with Crippen molar-refractivity contribution in [2.45, 2.75) is 64.1 Å². The predicted molar refractivity (Wildman–Crippen MR) is 104 cm³/mol. The van der Waals surface area contributed by atoms with Crippen LogP contribution in [0.3, 0.4) is 0 Å². The molecular formula is C20H26N2O5S. The Labute approximate surface area is 167 Å². The number of thiophene rings is 1. The third-order valence-electron chi connectivity index (χ3n) is 6.41. The number of amides is 2. The number of carboxylic acids is 1. The van der Waals surface area contributed by atoms with Crippen molar-refractivity contribution in [2.75, 3.05) is 5.32 Å². The van der Waals surface area contributed by atoms with Gasteiger partial charge < -0.3 is 20.9 Å². The van der Waals surface area contributed by atoms with Gasteiger partial charge >= 0.3 is 5.97 Å². The maximum atomic E-state index is 13.0. The lowest BCUT2D eigenvalue weighted by Crippen LogP contribution is -2.41. The van der Waals surface area contributed by atoms with Gasteiger partial charge in [0.2, 0.25) is 5.91 Å². The molecule has 4 N–H and O–H groups in total. The van der Waals surface area contributed by atoms with Crippen molar-refractivity contribution in [1.29, 1.82) is 0 Å². The maximum absolute atomic E-state index is 13.0. The predicted octanol–water partition coefficient (Wildman–Crippen LogP) is 2.57. The Hall–Kier alpha value is -1.93. The average molecular weight is 407 g/mol. The van der Waals surface area contributed by atoms with Crippen LogP contribution in [0.2, 0.25) is 0 Å². The highest BCUT2D eigenvalue weighted by Gasteiger charge is 2.55. The summed E-state index contributed by atoms with van der Waals surface area (Å²) in [7, 11) is 0. The molecule has 0 radical (unpaired) electrons. The lowest BCUT2D eigenvalue weighted by molar-refractivity contribution is -0.147. The molecule has 8 heteroatoms. The van der Waals surface area contributed by atoms with Crippen molar-refractivity contribution in [3.63, 3.8) is 0 Å². The number of ether oxygens (including phenoxy) is 1. The van der Waals surface area contributed by atoms with E-state index in [1.165, 1.54) is 11.3 Å². The van der Waals surface area contributed by atoms with Gasteiger partial charge in [0.15, 0.2) is 0 Å². The van der Waals surface area contributed by atoms with Gasteiger partial charge in [0, 0.05) is 4.88 Å². The lowest BCUT2D eigenvalue weighted by Gasteiger charge is -2.23. The normalized spacial score (nSPS) is 30.8. The number of aliphatic carboxylic acids is 1. The summed E-state index contributed by atoms with van der Waals surface area (Å²) in [6.45, 7) is 2.17. The second-order valence-corrected chi connectivity index (χ2v) is 9.24. The highest BCUT2D eigenvalue weighted by Crippen LogP contribution is 2.45. The fourth-order valence-electron chi connectivity index (χ4n) is 5.18. The number of carbonyl (C=O) groups is 3. The number of nitrogens with two attached hydrogens (primary N) is 1. The molecule has 7 nitrogen and oxygen atoms in total. The summed E-state index contributed by atoms with van der Waals surface area (Å²) >= 11 is 1.42. The number of fused-ring (bicyclic) bond motifs is 3. The number of hydrogen-bond donors (Lipinski definition) is 3. The van der Waals surface area contributed by atoms with Crippen LogP contribution >= 0.6 is 11.3 Å². The van der Waals surface area contributed by atoms with Crippen LogP contribution in [0.15, 0.2) is 0 Å². The minimum Gasteiger partial charge on any atom is -0.481 e. The third kappa shape index (κ3) is 3.22. The molecule has 4 rings (SSSR count). The van der Waals surface area contributed by atoms with Crippen molar-refractivity contribution in [2.24, 2.45) is 23.5 Å². The van der Waals surface area contributed by atoms with Crippen molar-refractivity contribution in [3.8, 4) is 0 Å². The van der Waals surface area contributed by atoms with Gasteiger partial charge in [-0.25, -0.2) is 0 Å². The molecule has 28 heavy (non-hydrogen) atoms. The Morgan fingerprint density at radius 1 is 1.21 bits per heavy atom. The van der Waals surface area contributed by atoms with Gasteiger partial charge in [-0.1, -0.05) is 19.8 Å². The van der Waals surface area contributed by atoms with E-state index in [1.807, 2.05) is 0 Å². The smallest absolute Gasteiger partial charge is 0.310 e. The largest absolute Gasteiger partial charge is 0.481 e. The van der Waals surface area contributed by atoms with E-state index in [9.17, 15) is 19.5 Å². The zero-order valence-corrected chi connectivity index (χ0v) is 16.7. The molecule has 3 aliphatic rings. The number of nitrogens with one attached hydrogen (secondary N) is 1. The standard InChI is InChI=1S/C20H26N2O5S/c1-2-3-9-4-5-10-13(8-9)28-19(14(10)17(21)23)22-18(24)15-11-6-7-12(27-11)16(15)20(25)26/h9,11-12,15-16H,2-8H2,1H3,(H2,21,23)(H,22,24)(H,25,26)/t9-,11-,12-,15-,16-/m0/s1. The quantitative estimate of drug-likeness (QED) is 0.671. The molecule has 2 amide bonds. The second-order valence-electron chi connectivity index (χ2n) is 8.14. The number of hydrogen-bond acceptors (Lipinski definition) is 5. The van der Waals surface area contributed by atoms with Crippen LogP contribution < -0.4 is 11.1 Å². The maximum Gasteiger partial charge on any atom is 0.310 e. The topological polar surface area (TPSA) is 119 Å². The summed E-state index contributed by atoms with van der Waals surface area (Å²) < 4.78 is 5.69. The Kier molecular flexibility index (Phi) is 5.18. The number of primary amides is 1. The first-order valence-corrected chi connectivity index (χ1v) is 10.9. The van der Waals surface area contributed by atoms with Gasteiger partial charge in [-0.15, -0.1) is 11.3 Å². The van der Waals surface area contributed by atoms with E-state index in [0.29, 0.717) is 29.3 Å². The number of carbonyl (C=O) groups excluding carboxylic acids is 2. The highest BCUT2D eigenvalue weighted by atomic mass is 32.1. The lowest BCUT2D eigenvalue weighted by atomic mass is 9.78. The molecule has 3 heterocycles. The van der Waals surface area contributed by atoms with Crippen molar-refractivity contribution >= 4 is 34.1 Å². The summed E-state index contributed by atoms with van der Waals surface area (Å²) in [6.07, 6.45) is 5.57. The molecular weight excluding hydrogens is 380 g/mol. The minimum absolute atomic E-state index is 0.369. The highest BCUT2D eigenvalue weighted by molar-refractivity contribution is 7.17. The molecule has 1 aromatic rings. The molecule has 2 saturated heterocycles. The van der Waals surface area contributed by atoms with Crippen LogP contribution in [0.1, 0.15) is 59.8 Å². The molecule has 1 aliphatic carbocycles. The van der Waals surface area contributed by atoms with E-state index in [-0.39, 0.29) is 12.0 Å². The first kappa shape index (κ1) is 19.4. The molecule has 0 saturated carbocycles. The molecule has 1 aromatic heterocycles. The van der Waals surface area contributed by atoms with Crippen molar-refractivity contribution in [1.82, 2.24) is 0 Å². The van der Waals surface area contributed by atoms with Crippen LogP contribution in [0.5, 0.6) is 0 Å². The number of anilines is 1. The van der Waals surface area contributed by atoms with E-state index < -0.39 is 29.8 Å². The van der Waals surface area contributed by atoms with Crippen LogP contribution in [0.4, 0.5) is 5.00 Å². The van der Waals surface area contributed by atoms with Crippen molar-refractivity contribution in [3.05, 3.63) is 16.0 Å². The molecule has 5 atom stereocenters. The minimum atomic E-state index is -1.00. The Balaban J connectivity index is 1.59. The van der Waals surface area contributed by atoms with E-state index in [2.05, 4.69) is 12.2 Å². The van der Waals surface area contributed by atoms with E-state index in [4.69, 9.17) is 10.5 Å². The molecule has 0 unspecified atom stereocenters.